The number of carbonyl (C=O) groups excluding carboxylic acids is 2. The molecule has 0 aliphatic carbocycles. The van der Waals surface area contributed by atoms with E-state index in [4.69, 9.17) is 4.74 Å². The number of anilines is 1. The number of aromatic nitrogens is 2. The van der Waals surface area contributed by atoms with Gasteiger partial charge in [-0.05, 0) is 19.8 Å². The topological polar surface area (TPSA) is 85.2 Å². The Kier molecular flexibility index (Phi) is 5.90. The number of hydrogen-bond donors (Lipinski definition) is 2. The standard InChI is InChI=1S/C14H24N4O3/c1-8(2)12(14(20)21-6)15-7-11(19)16-13-9(3)17-18(5)10(13)4/h8,12,15H,7H2,1-6H3,(H,16,19). The first-order valence-electron chi connectivity index (χ1n) is 6.89. The van der Waals surface area contributed by atoms with Crippen LogP contribution in [0.5, 0.6) is 0 Å². The molecule has 1 rings (SSSR count). The summed E-state index contributed by atoms with van der Waals surface area (Å²) in [6.07, 6.45) is 0. The Morgan fingerprint density at radius 1 is 1.33 bits per heavy atom. The van der Waals surface area contributed by atoms with Crippen LogP contribution in [-0.4, -0.2) is 41.4 Å². The van der Waals surface area contributed by atoms with Gasteiger partial charge in [-0.15, -0.1) is 0 Å². The summed E-state index contributed by atoms with van der Waals surface area (Å²) in [7, 11) is 3.16. The van der Waals surface area contributed by atoms with Crippen LogP contribution in [0.2, 0.25) is 0 Å². The minimum absolute atomic E-state index is 0.0335. The van der Waals surface area contributed by atoms with Crippen LogP contribution in [0.3, 0.4) is 0 Å². The van der Waals surface area contributed by atoms with Crippen LogP contribution >= 0.6 is 0 Å². The Labute approximate surface area is 125 Å². The molecule has 0 saturated carbocycles. The van der Waals surface area contributed by atoms with Crippen LogP contribution < -0.4 is 10.6 Å². The quantitative estimate of drug-likeness (QED) is 0.757. The number of rotatable bonds is 6. The zero-order valence-corrected chi connectivity index (χ0v) is 13.5. The molecule has 1 aromatic rings. The SMILES string of the molecule is COC(=O)C(NCC(=O)Nc1c(C)nn(C)c1C)C(C)C. The van der Waals surface area contributed by atoms with Crippen LogP contribution in [0.1, 0.15) is 25.2 Å². The fourth-order valence-corrected chi connectivity index (χ4v) is 2.06. The molecule has 0 aliphatic heterocycles. The third-order valence-electron chi connectivity index (χ3n) is 3.38. The van der Waals surface area contributed by atoms with Crippen LogP contribution in [0.4, 0.5) is 5.69 Å². The Hall–Kier alpha value is -1.89. The summed E-state index contributed by atoms with van der Waals surface area (Å²) >= 11 is 0. The van der Waals surface area contributed by atoms with Gasteiger partial charge in [0.1, 0.15) is 6.04 Å². The summed E-state index contributed by atoms with van der Waals surface area (Å²) < 4.78 is 6.43. The second kappa shape index (κ2) is 7.21. The molecule has 21 heavy (non-hydrogen) atoms. The van der Waals surface area contributed by atoms with Gasteiger partial charge in [0.05, 0.1) is 30.7 Å². The summed E-state index contributed by atoms with van der Waals surface area (Å²) in [4.78, 5) is 23.6. The van der Waals surface area contributed by atoms with Crippen molar-refractivity contribution in [3.63, 3.8) is 0 Å². The molecule has 1 aromatic heterocycles. The minimum Gasteiger partial charge on any atom is -0.468 e. The number of aryl methyl sites for hydroxylation is 2. The number of carbonyl (C=O) groups is 2. The van der Waals surface area contributed by atoms with Crippen molar-refractivity contribution in [1.29, 1.82) is 0 Å². The molecule has 7 nitrogen and oxygen atoms in total. The zero-order chi connectivity index (χ0) is 16.2. The van der Waals surface area contributed by atoms with E-state index >= 15 is 0 Å². The zero-order valence-electron chi connectivity index (χ0n) is 13.5. The van der Waals surface area contributed by atoms with E-state index < -0.39 is 6.04 Å². The van der Waals surface area contributed by atoms with Gasteiger partial charge in [-0.3, -0.25) is 19.6 Å². The maximum atomic E-state index is 12.0. The van der Waals surface area contributed by atoms with Crippen LogP contribution in [0, 0.1) is 19.8 Å². The van der Waals surface area contributed by atoms with E-state index in [9.17, 15) is 9.59 Å². The molecular weight excluding hydrogens is 272 g/mol. The molecule has 0 aromatic carbocycles. The van der Waals surface area contributed by atoms with Crippen molar-refractivity contribution in [3.05, 3.63) is 11.4 Å². The van der Waals surface area contributed by atoms with E-state index in [-0.39, 0.29) is 24.3 Å². The summed E-state index contributed by atoms with van der Waals surface area (Å²) in [5.74, 6) is -0.553. The van der Waals surface area contributed by atoms with Gasteiger partial charge < -0.3 is 10.1 Å². The first-order chi connectivity index (χ1) is 9.77. The number of esters is 1. The number of amides is 1. The molecular formula is C14H24N4O3. The normalized spacial score (nSPS) is 12.3. The summed E-state index contributed by atoms with van der Waals surface area (Å²) in [6.45, 7) is 7.53. The summed E-state index contributed by atoms with van der Waals surface area (Å²) in [5, 5.41) is 9.97. The average Bonchev–Trinajstić information content (AvgIpc) is 2.64. The molecule has 0 bridgehead atoms. The van der Waals surface area contributed by atoms with E-state index in [0.717, 1.165) is 11.4 Å². The first kappa shape index (κ1) is 17.2. The van der Waals surface area contributed by atoms with E-state index in [0.29, 0.717) is 5.69 Å². The Morgan fingerprint density at radius 2 is 1.95 bits per heavy atom. The third kappa shape index (κ3) is 4.29. The van der Waals surface area contributed by atoms with Crippen molar-refractivity contribution < 1.29 is 14.3 Å². The molecule has 0 aliphatic rings. The lowest BCUT2D eigenvalue weighted by atomic mass is 10.0. The van der Waals surface area contributed by atoms with Crippen molar-refractivity contribution >= 4 is 17.6 Å². The van der Waals surface area contributed by atoms with Crippen LogP contribution in [0.15, 0.2) is 0 Å². The average molecular weight is 296 g/mol. The lowest BCUT2D eigenvalue weighted by molar-refractivity contribution is -0.144. The molecule has 0 fully saturated rings. The fourth-order valence-electron chi connectivity index (χ4n) is 2.06. The molecule has 1 amide bonds. The molecule has 1 atom stereocenters. The second-order valence-electron chi connectivity index (χ2n) is 5.34. The van der Waals surface area contributed by atoms with E-state index in [1.54, 1.807) is 4.68 Å². The molecule has 1 heterocycles. The number of ether oxygens (including phenoxy) is 1. The van der Waals surface area contributed by atoms with Crippen molar-refractivity contribution in [1.82, 2.24) is 15.1 Å². The molecule has 0 spiro atoms. The number of nitrogens with one attached hydrogen (secondary N) is 2. The lowest BCUT2D eigenvalue weighted by Crippen LogP contribution is -2.45. The molecule has 0 radical (unpaired) electrons. The highest BCUT2D eigenvalue weighted by molar-refractivity contribution is 5.93. The van der Waals surface area contributed by atoms with Crippen molar-refractivity contribution in [2.45, 2.75) is 33.7 Å². The first-order valence-corrected chi connectivity index (χ1v) is 6.89. The number of hydrogen-bond acceptors (Lipinski definition) is 5. The van der Waals surface area contributed by atoms with Gasteiger partial charge >= 0.3 is 5.97 Å². The minimum atomic E-state index is -0.503. The molecule has 1 unspecified atom stereocenters. The largest absolute Gasteiger partial charge is 0.468 e. The van der Waals surface area contributed by atoms with Crippen molar-refractivity contribution in [2.75, 3.05) is 19.0 Å². The van der Waals surface area contributed by atoms with E-state index in [1.807, 2.05) is 34.7 Å². The predicted molar refractivity (Wildman–Crippen MR) is 80.0 cm³/mol. The predicted octanol–water partition coefficient (Wildman–Crippen LogP) is 0.763. The maximum Gasteiger partial charge on any atom is 0.323 e. The molecule has 2 N–H and O–H groups in total. The van der Waals surface area contributed by atoms with Crippen molar-refractivity contribution in [2.24, 2.45) is 13.0 Å². The molecule has 0 saturated heterocycles. The van der Waals surface area contributed by atoms with Crippen LogP contribution in [-0.2, 0) is 21.4 Å². The second-order valence-corrected chi connectivity index (χ2v) is 5.34. The monoisotopic (exact) mass is 296 g/mol. The third-order valence-corrected chi connectivity index (χ3v) is 3.38. The molecule has 118 valence electrons. The smallest absolute Gasteiger partial charge is 0.323 e. The van der Waals surface area contributed by atoms with Gasteiger partial charge in [0.15, 0.2) is 0 Å². The Bertz CT molecular complexity index is 523. The van der Waals surface area contributed by atoms with Gasteiger partial charge in [-0.25, -0.2) is 0 Å². The van der Waals surface area contributed by atoms with E-state index in [2.05, 4.69) is 15.7 Å². The fraction of sp³-hybridized carbons (Fsp3) is 0.643. The van der Waals surface area contributed by atoms with Crippen LogP contribution in [0.25, 0.3) is 0 Å². The van der Waals surface area contributed by atoms with E-state index in [1.165, 1.54) is 7.11 Å². The Balaban J connectivity index is 2.63. The highest BCUT2D eigenvalue weighted by atomic mass is 16.5. The number of methoxy groups -OCH3 is 1. The summed E-state index contributed by atoms with van der Waals surface area (Å²) in [5.41, 5.74) is 2.36. The Morgan fingerprint density at radius 3 is 2.38 bits per heavy atom. The summed E-state index contributed by atoms with van der Waals surface area (Å²) in [6, 6.07) is -0.503. The van der Waals surface area contributed by atoms with Gasteiger partial charge in [0.2, 0.25) is 5.91 Å². The highest BCUT2D eigenvalue weighted by Crippen LogP contribution is 2.17. The lowest BCUT2D eigenvalue weighted by Gasteiger charge is -2.19. The van der Waals surface area contributed by atoms with Gasteiger partial charge in [0, 0.05) is 7.05 Å². The number of nitrogens with zero attached hydrogens (tertiary/aromatic N) is 2. The maximum absolute atomic E-state index is 12.0. The molecule has 7 heteroatoms. The van der Waals surface area contributed by atoms with Gasteiger partial charge in [0.25, 0.3) is 0 Å². The highest BCUT2D eigenvalue weighted by Gasteiger charge is 2.23. The van der Waals surface area contributed by atoms with Gasteiger partial charge in [-0.1, -0.05) is 13.8 Å². The van der Waals surface area contributed by atoms with Crippen molar-refractivity contribution in [3.8, 4) is 0 Å². The van der Waals surface area contributed by atoms with Gasteiger partial charge in [-0.2, -0.15) is 5.10 Å².